The quantitative estimate of drug-likeness (QED) is 0.170. The first-order valence-corrected chi connectivity index (χ1v) is 18.8. The smallest absolute Gasteiger partial charge is 0.164 e. The molecule has 0 amide bonds. The highest BCUT2D eigenvalue weighted by Gasteiger charge is 2.55. The van der Waals surface area contributed by atoms with E-state index in [1.165, 1.54) is 22.4 Å². The second kappa shape index (κ2) is 12.0. The number of anilines is 2. The molecular formula is C48H36N4O2. The minimum absolute atomic E-state index is 0.392. The van der Waals surface area contributed by atoms with Crippen LogP contribution in [0.2, 0.25) is 0 Å². The Morgan fingerprint density at radius 3 is 1.93 bits per heavy atom. The number of nitrogens with zero attached hydrogens (tertiary/aromatic N) is 4. The van der Waals surface area contributed by atoms with Gasteiger partial charge in [0.1, 0.15) is 16.9 Å². The summed E-state index contributed by atoms with van der Waals surface area (Å²) in [4.78, 5) is 17.6. The normalized spacial score (nSPS) is 18.9. The molecule has 2 atom stereocenters. The monoisotopic (exact) mass is 700 g/mol. The molecule has 260 valence electrons. The first-order valence-electron chi connectivity index (χ1n) is 18.8. The molecular weight excluding hydrogens is 665 g/mol. The SMILES string of the molecule is CC1C=CC2CC=CC(N3c4ccoc4C4(c5ccccc5Cc5ccc(-c6nc(-c7ccccc7)nc(-c7ccccc7)n6)cc54)c4occc43)=C2C1. The van der Waals surface area contributed by atoms with Crippen molar-refractivity contribution in [1.29, 1.82) is 0 Å². The van der Waals surface area contributed by atoms with E-state index >= 15 is 0 Å². The van der Waals surface area contributed by atoms with Gasteiger partial charge in [0.15, 0.2) is 17.5 Å². The van der Waals surface area contributed by atoms with Crippen molar-refractivity contribution in [2.45, 2.75) is 31.6 Å². The Morgan fingerprint density at radius 2 is 1.24 bits per heavy atom. The standard InChI is InChI=1S/C48H36N4O2/c1-30-19-20-31-16-10-18-40(37(31)27-30)52-41-23-25-53-43(41)48(44-42(52)24-26-54-44)38-17-9-8-15-34(38)28-35-21-22-36(29-39(35)48)47-50-45(32-11-4-2-5-12-32)49-46(51-47)33-13-6-3-7-14-33/h2-15,17-26,29-31H,16,27-28H2,1H3. The highest BCUT2D eigenvalue weighted by molar-refractivity contribution is 5.86. The first kappa shape index (κ1) is 31.0. The van der Waals surface area contributed by atoms with Crippen LogP contribution in [0.4, 0.5) is 11.4 Å². The molecule has 7 aromatic rings. The van der Waals surface area contributed by atoms with Crippen LogP contribution >= 0.6 is 0 Å². The maximum absolute atomic E-state index is 6.76. The Bertz CT molecular complexity index is 2580. The van der Waals surface area contributed by atoms with Crippen LogP contribution in [0.15, 0.2) is 172 Å². The number of benzene rings is 4. The van der Waals surface area contributed by atoms with E-state index in [0.29, 0.717) is 29.3 Å². The Balaban J connectivity index is 1.15. The number of allylic oxidation sites excluding steroid dienone is 5. The van der Waals surface area contributed by atoms with Crippen molar-refractivity contribution in [3.05, 3.63) is 197 Å². The summed E-state index contributed by atoms with van der Waals surface area (Å²) in [5.74, 6) is 4.45. The van der Waals surface area contributed by atoms with Gasteiger partial charge in [-0.2, -0.15) is 0 Å². The van der Waals surface area contributed by atoms with E-state index in [1.54, 1.807) is 0 Å². The Labute approximate surface area is 313 Å². The fourth-order valence-corrected chi connectivity index (χ4v) is 9.22. The molecule has 0 saturated heterocycles. The number of fused-ring (bicyclic) bond motifs is 9. The van der Waals surface area contributed by atoms with Crippen molar-refractivity contribution in [2.24, 2.45) is 11.8 Å². The lowest BCUT2D eigenvalue weighted by Crippen LogP contribution is -2.41. The van der Waals surface area contributed by atoms with Gasteiger partial charge in [-0.1, -0.05) is 122 Å². The third kappa shape index (κ3) is 4.56. The van der Waals surface area contributed by atoms with E-state index in [-0.39, 0.29) is 0 Å². The molecule has 6 nitrogen and oxygen atoms in total. The lowest BCUT2D eigenvalue weighted by Gasteiger charge is -2.45. The summed E-state index contributed by atoms with van der Waals surface area (Å²) in [5.41, 5.74) is 11.4. The van der Waals surface area contributed by atoms with Gasteiger partial charge in [0, 0.05) is 40.4 Å². The summed E-state index contributed by atoms with van der Waals surface area (Å²) in [6.07, 6.45) is 15.9. The Hall–Kier alpha value is -6.53. The van der Waals surface area contributed by atoms with Gasteiger partial charge in [-0.15, -0.1) is 0 Å². The maximum Gasteiger partial charge on any atom is 0.164 e. The lowest BCUT2D eigenvalue weighted by molar-refractivity contribution is 0.390. The van der Waals surface area contributed by atoms with Gasteiger partial charge in [-0.3, -0.25) is 0 Å². The highest BCUT2D eigenvalue weighted by Crippen LogP contribution is 2.61. The lowest BCUT2D eigenvalue weighted by atomic mass is 9.61. The third-order valence-corrected chi connectivity index (χ3v) is 11.6. The van der Waals surface area contributed by atoms with Crippen LogP contribution in [-0.2, 0) is 11.8 Å². The molecule has 6 heteroatoms. The van der Waals surface area contributed by atoms with E-state index in [2.05, 4.69) is 90.7 Å². The molecule has 0 radical (unpaired) electrons. The van der Waals surface area contributed by atoms with Crippen molar-refractivity contribution in [3.8, 4) is 34.2 Å². The van der Waals surface area contributed by atoms with Crippen LogP contribution < -0.4 is 4.90 Å². The van der Waals surface area contributed by atoms with Crippen LogP contribution in [0, 0.1) is 11.8 Å². The summed E-state index contributed by atoms with van der Waals surface area (Å²) in [5, 5.41) is 0. The van der Waals surface area contributed by atoms with Gasteiger partial charge in [-0.05, 0) is 65.1 Å². The number of hydrogen-bond acceptors (Lipinski definition) is 6. The van der Waals surface area contributed by atoms with E-state index in [1.807, 2.05) is 73.2 Å². The zero-order chi connectivity index (χ0) is 35.8. The number of aromatic nitrogens is 3. The van der Waals surface area contributed by atoms with Crippen molar-refractivity contribution in [2.75, 3.05) is 4.90 Å². The number of furan rings is 2. The zero-order valence-electron chi connectivity index (χ0n) is 29.8. The van der Waals surface area contributed by atoms with Crippen LogP contribution in [0.1, 0.15) is 53.5 Å². The highest BCUT2D eigenvalue weighted by atomic mass is 16.4. The molecule has 0 N–H and O–H groups in total. The van der Waals surface area contributed by atoms with Crippen LogP contribution in [-0.4, -0.2) is 15.0 Å². The largest absolute Gasteiger partial charge is 0.465 e. The molecule has 2 unspecified atom stereocenters. The summed E-state index contributed by atoms with van der Waals surface area (Å²) in [7, 11) is 0. The van der Waals surface area contributed by atoms with Crippen molar-refractivity contribution in [1.82, 2.24) is 15.0 Å². The molecule has 0 bridgehead atoms. The Kier molecular flexibility index (Phi) is 6.90. The molecule has 0 fully saturated rings. The Morgan fingerprint density at radius 1 is 0.630 bits per heavy atom. The van der Waals surface area contributed by atoms with Crippen LogP contribution in [0.5, 0.6) is 0 Å². The molecule has 0 saturated carbocycles. The topological polar surface area (TPSA) is 68.2 Å². The molecule has 3 aliphatic carbocycles. The van der Waals surface area contributed by atoms with E-state index in [9.17, 15) is 0 Å². The molecule has 11 rings (SSSR count). The molecule has 4 aliphatic rings. The van der Waals surface area contributed by atoms with E-state index in [0.717, 1.165) is 70.0 Å². The van der Waals surface area contributed by atoms with Gasteiger partial charge in [0.05, 0.1) is 23.9 Å². The summed E-state index contributed by atoms with van der Waals surface area (Å²) in [6.45, 7) is 2.30. The van der Waals surface area contributed by atoms with Crippen LogP contribution in [0.25, 0.3) is 34.2 Å². The third-order valence-electron chi connectivity index (χ3n) is 11.6. The first-order chi connectivity index (χ1) is 26.7. The molecule has 3 aromatic heterocycles. The predicted molar refractivity (Wildman–Crippen MR) is 211 cm³/mol. The number of hydrogen-bond donors (Lipinski definition) is 0. The van der Waals surface area contributed by atoms with Gasteiger partial charge in [-0.25, -0.2) is 15.0 Å². The van der Waals surface area contributed by atoms with Crippen molar-refractivity contribution >= 4 is 11.4 Å². The summed E-state index contributed by atoms with van der Waals surface area (Å²) < 4.78 is 13.5. The van der Waals surface area contributed by atoms with Gasteiger partial charge in [0.2, 0.25) is 0 Å². The average Bonchev–Trinajstić information content (AvgIpc) is 3.93. The van der Waals surface area contributed by atoms with Gasteiger partial charge in [0.25, 0.3) is 0 Å². The molecule has 1 spiro atoms. The van der Waals surface area contributed by atoms with Crippen molar-refractivity contribution in [3.63, 3.8) is 0 Å². The average molecular weight is 701 g/mol. The molecule has 4 aromatic carbocycles. The molecule has 4 heterocycles. The van der Waals surface area contributed by atoms with Crippen molar-refractivity contribution < 1.29 is 8.83 Å². The van der Waals surface area contributed by atoms with E-state index < -0.39 is 5.41 Å². The minimum atomic E-state index is -0.853. The predicted octanol–water partition coefficient (Wildman–Crippen LogP) is 11.2. The van der Waals surface area contributed by atoms with Crippen LogP contribution in [0.3, 0.4) is 0 Å². The second-order valence-electron chi connectivity index (χ2n) is 14.8. The molecule has 54 heavy (non-hydrogen) atoms. The molecule has 1 aliphatic heterocycles. The summed E-state index contributed by atoms with van der Waals surface area (Å²) in [6, 6.07) is 39.9. The number of rotatable bonds is 4. The fourth-order valence-electron chi connectivity index (χ4n) is 9.22. The summed E-state index contributed by atoms with van der Waals surface area (Å²) >= 11 is 0. The minimum Gasteiger partial charge on any atom is -0.465 e. The zero-order valence-corrected chi connectivity index (χ0v) is 29.8. The fraction of sp³-hybridized carbons (Fsp3) is 0.146. The van der Waals surface area contributed by atoms with Gasteiger partial charge < -0.3 is 13.7 Å². The van der Waals surface area contributed by atoms with Gasteiger partial charge >= 0.3 is 0 Å². The second-order valence-corrected chi connectivity index (χ2v) is 14.8. The maximum atomic E-state index is 6.76. The van der Waals surface area contributed by atoms with E-state index in [4.69, 9.17) is 23.8 Å².